The summed E-state index contributed by atoms with van der Waals surface area (Å²) in [5, 5.41) is 12.5. The van der Waals surface area contributed by atoms with Crippen LogP contribution in [-0.2, 0) is 6.54 Å². The largest absolute Gasteiger partial charge is 0.508 e. The highest BCUT2D eigenvalue weighted by Gasteiger charge is 2.01. The predicted octanol–water partition coefficient (Wildman–Crippen LogP) is 4.06. The van der Waals surface area contributed by atoms with Crippen LogP contribution >= 0.6 is 22.6 Å². The molecular weight excluding hydrogens is 344 g/mol. The molecule has 0 radical (unpaired) electrons. The maximum absolute atomic E-state index is 13.1. The van der Waals surface area contributed by atoms with E-state index in [9.17, 15) is 9.50 Å². The number of anilines is 1. The Morgan fingerprint density at radius 2 is 2.00 bits per heavy atom. The Morgan fingerprint density at radius 1 is 1.22 bits per heavy atom. The third-order valence-corrected chi connectivity index (χ3v) is 3.77. The van der Waals surface area contributed by atoms with E-state index in [0.717, 1.165) is 11.8 Å². The zero-order chi connectivity index (χ0) is 13.1. The Morgan fingerprint density at radius 3 is 2.67 bits per heavy atom. The fourth-order valence-electron chi connectivity index (χ4n) is 1.64. The number of hydrogen-bond acceptors (Lipinski definition) is 2. The molecule has 4 heteroatoms. The van der Waals surface area contributed by atoms with Crippen molar-refractivity contribution < 1.29 is 9.50 Å². The van der Waals surface area contributed by atoms with Crippen LogP contribution in [0.2, 0.25) is 0 Å². The van der Waals surface area contributed by atoms with Crippen LogP contribution in [0.25, 0.3) is 0 Å². The number of aromatic hydroxyl groups is 1. The van der Waals surface area contributed by atoms with Gasteiger partial charge in [0.25, 0.3) is 0 Å². The van der Waals surface area contributed by atoms with Crippen LogP contribution in [0.3, 0.4) is 0 Å². The van der Waals surface area contributed by atoms with Crippen molar-refractivity contribution in [3.63, 3.8) is 0 Å². The first-order valence-corrected chi connectivity index (χ1v) is 6.61. The topological polar surface area (TPSA) is 32.3 Å². The number of hydrogen-bond donors (Lipinski definition) is 2. The Hall–Kier alpha value is -1.30. The second kappa shape index (κ2) is 5.56. The first-order valence-electron chi connectivity index (χ1n) is 5.53. The van der Waals surface area contributed by atoms with E-state index in [1.54, 1.807) is 6.07 Å². The van der Waals surface area contributed by atoms with E-state index in [0.29, 0.717) is 12.1 Å². The minimum absolute atomic E-state index is 0.0507. The molecular formula is C14H13FINO. The van der Waals surface area contributed by atoms with Gasteiger partial charge in [-0.05, 0) is 64.9 Å². The molecule has 0 aromatic heterocycles. The zero-order valence-electron chi connectivity index (χ0n) is 9.87. The van der Waals surface area contributed by atoms with Crippen LogP contribution in [0, 0.1) is 16.3 Å². The van der Waals surface area contributed by atoms with E-state index in [2.05, 4.69) is 34.8 Å². The van der Waals surface area contributed by atoms with Gasteiger partial charge < -0.3 is 10.4 Å². The van der Waals surface area contributed by atoms with E-state index < -0.39 is 5.82 Å². The smallest absolute Gasteiger partial charge is 0.127 e. The van der Waals surface area contributed by atoms with Crippen molar-refractivity contribution in [3.05, 3.63) is 56.9 Å². The molecule has 2 nitrogen and oxygen atoms in total. The summed E-state index contributed by atoms with van der Waals surface area (Å²) in [4.78, 5) is 0. The molecule has 0 unspecified atom stereocenters. The summed E-state index contributed by atoms with van der Waals surface area (Å²) in [6.45, 7) is 2.53. The zero-order valence-corrected chi connectivity index (χ0v) is 12.0. The molecule has 94 valence electrons. The van der Waals surface area contributed by atoms with Gasteiger partial charge in [-0.25, -0.2) is 4.39 Å². The van der Waals surface area contributed by atoms with Gasteiger partial charge in [0.05, 0.1) is 0 Å². The van der Waals surface area contributed by atoms with Gasteiger partial charge in [-0.1, -0.05) is 6.07 Å². The Balaban J connectivity index is 2.08. The summed E-state index contributed by atoms with van der Waals surface area (Å²) in [6.07, 6.45) is 0. The Bertz CT molecular complexity index is 551. The summed E-state index contributed by atoms with van der Waals surface area (Å²) in [6, 6.07) is 10.1. The number of nitrogens with one attached hydrogen (secondary N) is 1. The number of phenols is 1. The van der Waals surface area contributed by atoms with Crippen molar-refractivity contribution in [2.75, 3.05) is 5.32 Å². The van der Waals surface area contributed by atoms with Crippen LogP contribution < -0.4 is 5.32 Å². The number of halogens is 2. The minimum Gasteiger partial charge on any atom is -0.508 e. The number of aryl methyl sites for hydroxylation is 1. The molecule has 0 saturated heterocycles. The summed E-state index contributed by atoms with van der Waals surface area (Å²) in [7, 11) is 0. The van der Waals surface area contributed by atoms with Gasteiger partial charge in [-0.15, -0.1) is 0 Å². The lowest BCUT2D eigenvalue weighted by Gasteiger charge is -2.08. The fraction of sp³-hybridized carbons (Fsp3) is 0.143. The average molecular weight is 357 g/mol. The highest BCUT2D eigenvalue weighted by molar-refractivity contribution is 14.1. The fourth-order valence-corrected chi connectivity index (χ4v) is 2.16. The normalized spacial score (nSPS) is 10.4. The van der Waals surface area contributed by atoms with Gasteiger partial charge in [0.2, 0.25) is 0 Å². The Labute approximate surface area is 119 Å². The Kier molecular flexibility index (Phi) is 4.06. The summed E-state index contributed by atoms with van der Waals surface area (Å²) in [5.74, 6) is -0.476. The van der Waals surface area contributed by atoms with Gasteiger partial charge in [0.15, 0.2) is 0 Å². The maximum Gasteiger partial charge on any atom is 0.127 e. The van der Waals surface area contributed by atoms with Crippen LogP contribution in [0.15, 0.2) is 36.4 Å². The summed E-state index contributed by atoms with van der Waals surface area (Å²) < 4.78 is 14.3. The lowest BCUT2D eigenvalue weighted by Crippen LogP contribution is -2.00. The molecule has 0 aliphatic heterocycles. The molecule has 2 aromatic rings. The third kappa shape index (κ3) is 3.35. The highest BCUT2D eigenvalue weighted by Crippen LogP contribution is 2.19. The van der Waals surface area contributed by atoms with Crippen LogP contribution in [-0.4, -0.2) is 5.11 Å². The molecule has 2 rings (SSSR count). The third-order valence-electron chi connectivity index (χ3n) is 2.61. The van der Waals surface area contributed by atoms with Crippen LogP contribution in [0.4, 0.5) is 10.1 Å². The van der Waals surface area contributed by atoms with Crippen molar-refractivity contribution in [1.82, 2.24) is 0 Å². The predicted molar refractivity (Wildman–Crippen MR) is 79.3 cm³/mol. The van der Waals surface area contributed by atoms with Crippen molar-refractivity contribution in [1.29, 1.82) is 0 Å². The van der Waals surface area contributed by atoms with Crippen molar-refractivity contribution >= 4 is 28.3 Å². The van der Waals surface area contributed by atoms with Crippen molar-refractivity contribution in [2.24, 2.45) is 0 Å². The molecule has 0 heterocycles. The first kappa shape index (κ1) is 13.1. The minimum atomic E-state index is -0.426. The lowest BCUT2D eigenvalue weighted by molar-refractivity contribution is 0.468. The van der Waals surface area contributed by atoms with Crippen LogP contribution in [0.5, 0.6) is 5.75 Å². The van der Waals surface area contributed by atoms with E-state index in [-0.39, 0.29) is 5.75 Å². The van der Waals surface area contributed by atoms with Gasteiger partial charge in [0, 0.05) is 21.9 Å². The highest BCUT2D eigenvalue weighted by atomic mass is 127. The summed E-state index contributed by atoms with van der Waals surface area (Å²) in [5.41, 5.74) is 2.92. The van der Waals surface area contributed by atoms with Crippen LogP contribution in [0.1, 0.15) is 11.1 Å². The van der Waals surface area contributed by atoms with Gasteiger partial charge >= 0.3 is 0 Å². The quantitative estimate of drug-likeness (QED) is 0.813. The maximum atomic E-state index is 13.1. The first-order chi connectivity index (χ1) is 8.54. The number of benzene rings is 2. The SMILES string of the molecule is Cc1ccc(NCc2cc(O)cc(F)c2)cc1I. The molecule has 0 amide bonds. The molecule has 0 spiro atoms. The van der Waals surface area contributed by atoms with E-state index in [1.165, 1.54) is 15.2 Å². The molecule has 18 heavy (non-hydrogen) atoms. The number of rotatable bonds is 3. The molecule has 0 aliphatic rings. The second-order valence-corrected chi connectivity index (χ2v) is 5.30. The molecule has 0 aliphatic carbocycles. The molecule has 2 aromatic carbocycles. The van der Waals surface area contributed by atoms with E-state index in [4.69, 9.17) is 0 Å². The van der Waals surface area contributed by atoms with Gasteiger partial charge in [0.1, 0.15) is 11.6 Å². The standard InChI is InChI=1S/C14H13FINO/c1-9-2-3-12(7-14(9)16)17-8-10-4-11(15)6-13(18)5-10/h2-7,17-18H,8H2,1H3. The molecule has 0 atom stereocenters. The average Bonchev–Trinajstić information content (AvgIpc) is 2.29. The molecule has 0 fully saturated rings. The van der Waals surface area contributed by atoms with E-state index >= 15 is 0 Å². The molecule has 2 N–H and O–H groups in total. The van der Waals surface area contributed by atoms with Gasteiger partial charge in [-0.3, -0.25) is 0 Å². The van der Waals surface area contributed by atoms with E-state index in [1.807, 2.05) is 18.2 Å². The van der Waals surface area contributed by atoms with Gasteiger partial charge in [-0.2, -0.15) is 0 Å². The number of phenolic OH excluding ortho intramolecular Hbond substituents is 1. The molecule has 0 saturated carbocycles. The summed E-state index contributed by atoms with van der Waals surface area (Å²) >= 11 is 2.27. The monoisotopic (exact) mass is 357 g/mol. The molecule has 0 bridgehead atoms. The second-order valence-electron chi connectivity index (χ2n) is 4.14. The van der Waals surface area contributed by atoms with Crippen molar-refractivity contribution in [3.8, 4) is 5.75 Å². The van der Waals surface area contributed by atoms with Crippen molar-refractivity contribution in [2.45, 2.75) is 13.5 Å². The lowest BCUT2D eigenvalue weighted by atomic mass is 10.2.